The van der Waals surface area contributed by atoms with Crippen molar-refractivity contribution < 1.29 is 31.2 Å². The number of anilines is 1. The Morgan fingerprint density at radius 3 is 2.21 bits per heavy atom. The highest BCUT2D eigenvalue weighted by atomic mass is 32.2. The maximum absolute atomic E-state index is 13.0. The predicted octanol–water partition coefficient (Wildman–Crippen LogP) is 1.82. The van der Waals surface area contributed by atoms with Crippen molar-refractivity contribution in [1.29, 1.82) is 0 Å². The van der Waals surface area contributed by atoms with Gasteiger partial charge in [0, 0.05) is 26.2 Å². The van der Waals surface area contributed by atoms with Crippen LogP contribution in [0.4, 0.5) is 23.7 Å². The number of benzene rings is 1. The van der Waals surface area contributed by atoms with Crippen LogP contribution >= 0.6 is 0 Å². The maximum atomic E-state index is 13.0. The number of hydrogen-bond acceptors (Lipinski definition) is 4. The van der Waals surface area contributed by atoms with E-state index in [1.807, 2.05) is 0 Å². The molecule has 2 aliphatic rings. The van der Waals surface area contributed by atoms with Gasteiger partial charge < -0.3 is 15.1 Å². The lowest BCUT2D eigenvalue weighted by Gasteiger charge is -2.35. The van der Waals surface area contributed by atoms with Gasteiger partial charge in [-0.15, -0.1) is 0 Å². The van der Waals surface area contributed by atoms with Gasteiger partial charge in [0.25, 0.3) is 0 Å². The lowest BCUT2D eigenvalue weighted by atomic mass is 10.1. The number of hydrogen-bond donors (Lipinski definition) is 1. The van der Waals surface area contributed by atoms with E-state index in [4.69, 9.17) is 0 Å². The van der Waals surface area contributed by atoms with Gasteiger partial charge >= 0.3 is 12.2 Å². The summed E-state index contributed by atoms with van der Waals surface area (Å²) in [6.07, 6.45) is -4.29. The second-order valence-electron chi connectivity index (χ2n) is 6.89. The molecule has 3 rings (SSSR count). The van der Waals surface area contributed by atoms with Crippen molar-refractivity contribution in [3.63, 3.8) is 0 Å². The first-order valence-corrected chi connectivity index (χ1v) is 10.6. The summed E-state index contributed by atoms with van der Waals surface area (Å²) in [5.74, 6) is -0.946. The van der Waals surface area contributed by atoms with E-state index in [2.05, 4.69) is 5.32 Å². The molecule has 0 aromatic heterocycles. The molecule has 1 unspecified atom stereocenters. The molecular formula is C17H20F3N3O4S. The van der Waals surface area contributed by atoms with Crippen LogP contribution in [0.15, 0.2) is 24.3 Å². The van der Waals surface area contributed by atoms with Crippen LogP contribution < -0.4 is 5.32 Å². The van der Waals surface area contributed by atoms with Crippen molar-refractivity contribution in [2.45, 2.75) is 12.6 Å². The van der Waals surface area contributed by atoms with Crippen LogP contribution in [0.3, 0.4) is 0 Å². The van der Waals surface area contributed by atoms with Crippen molar-refractivity contribution in [1.82, 2.24) is 9.80 Å². The van der Waals surface area contributed by atoms with Gasteiger partial charge in [-0.3, -0.25) is 4.79 Å². The summed E-state index contributed by atoms with van der Waals surface area (Å²) >= 11 is 0. The zero-order chi connectivity index (χ0) is 20.5. The lowest BCUT2D eigenvalue weighted by molar-refractivity contribution is -0.137. The average molecular weight is 419 g/mol. The molecule has 0 aliphatic carbocycles. The monoisotopic (exact) mass is 419 g/mol. The number of rotatable bonds is 2. The van der Waals surface area contributed by atoms with Crippen molar-refractivity contribution in [2.24, 2.45) is 5.92 Å². The minimum Gasteiger partial charge on any atom is -0.339 e. The lowest BCUT2D eigenvalue weighted by Crippen LogP contribution is -2.53. The third-order valence-corrected chi connectivity index (χ3v) is 6.70. The molecule has 0 spiro atoms. The van der Waals surface area contributed by atoms with Crippen LogP contribution in [0, 0.1) is 5.92 Å². The molecule has 7 nitrogen and oxygen atoms in total. The summed E-state index contributed by atoms with van der Waals surface area (Å²) < 4.78 is 62.2. The number of sulfone groups is 1. The Morgan fingerprint density at radius 2 is 1.64 bits per heavy atom. The van der Waals surface area contributed by atoms with E-state index < -0.39 is 33.5 Å². The first-order valence-electron chi connectivity index (χ1n) is 8.78. The fourth-order valence-electron chi connectivity index (χ4n) is 3.41. The molecule has 2 heterocycles. The molecule has 28 heavy (non-hydrogen) atoms. The fourth-order valence-corrected chi connectivity index (χ4v) is 5.14. The number of halogens is 3. The van der Waals surface area contributed by atoms with Gasteiger partial charge in [0.1, 0.15) is 0 Å². The van der Waals surface area contributed by atoms with Crippen molar-refractivity contribution >= 4 is 27.5 Å². The number of carbonyl (C=O) groups excluding carboxylic acids is 2. The fraction of sp³-hybridized carbons (Fsp3) is 0.529. The quantitative estimate of drug-likeness (QED) is 0.792. The molecular weight excluding hydrogens is 399 g/mol. The maximum Gasteiger partial charge on any atom is 0.418 e. The second-order valence-corrected chi connectivity index (χ2v) is 9.11. The number of amides is 3. The van der Waals surface area contributed by atoms with Crippen molar-refractivity contribution in [2.75, 3.05) is 43.0 Å². The van der Waals surface area contributed by atoms with E-state index in [1.165, 1.54) is 28.0 Å². The van der Waals surface area contributed by atoms with Crippen molar-refractivity contribution in [3.05, 3.63) is 29.8 Å². The Balaban J connectivity index is 1.57. The molecule has 11 heteroatoms. The SMILES string of the molecule is O=C(Nc1ccccc1C(F)(F)F)N1CCN(C(=O)C2CCS(=O)(=O)C2)CC1. The van der Waals surface area contributed by atoms with Gasteiger partial charge in [0.15, 0.2) is 9.84 Å². The van der Waals surface area contributed by atoms with E-state index in [1.54, 1.807) is 0 Å². The Kier molecular flexibility index (Phi) is 5.55. The van der Waals surface area contributed by atoms with Gasteiger partial charge in [-0.2, -0.15) is 13.2 Å². The third-order valence-electron chi connectivity index (χ3n) is 4.93. The molecule has 154 valence electrons. The Morgan fingerprint density at radius 1 is 1.04 bits per heavy atom. The second kappa shape index (κ2) is 7.61. The molecule has 1 atom stereocenters. The largest absolute Gasteiger partial charge is 0.418 e. The van der Waals surface area contributed by atoms with Crippen LogP contribution in [-0.4, -0.2) is 67.8 Å². The van der Waals surface area contributed by atoms with E-state index in [-0.39, 0.29) is 49.3 Å². The number of carbonyl (C=O) groups is 2. The van der Waals surface area contributed by atoms with E-state index in [0.717, 1.165) is 6.07 Å². The Labute approximate surface area is 160 Å². The third kappa shape index (κ3) is 4.57. The Bertz CT molecular complexity index is 865. The number of nitrogens with one attached hydrogen (secondary N) is 1. The summed E-state index contributed by atoms with van der Waals surface area (Å²) in [6.45, 7) is 0.740. The average Bonchev–Trinajstić information content (AvgIpc) is 3.00. The smallest absolute Gasteiger partial charge is 0.339 e. The minimum absolute atomic E-state index is 0.00436. The number of alkyl halides is 3. The van der Waals surface area contributed by atoms with Gasteiger partial charge in [-0.1, -0.05) is 12.1 Å². The topological polar surface area (TPSA) is 86.8 Å². The van der Waals surface area contributed by atoms with Crippen LogP contribution in [0.25, 0.3) is 0 Å². The predicted molar refractivity (Wildman–Crippen MR) is 95.4 cm³/mol. The van der Waals surface area contributed by atoms with Crippen LogP contribution in [0.2, 0.25) is 0 Å². The number of nitrogens with zero attached hydrogens (tertiary/aromatic N) is 2. The van der Waals surface area contributed by atoms with E-state index in [0.29, 0.717) is 6.42 Å². The van der Waals surface area contributed by atoms with Crippen LogP contribution in [0.1, 0.15) is 12.0 Å². The summed E-state index contributed by atoms with van der Waals surface area (Å²) in [5, 5.41) is 2.28. The first kappa shape index (κ1) is 20.4. The number of para-hydroxylation sites is 1. The highest BCUT2D eigenvalue weighted by Crippen LogP contribution is 2.34. The molecule has 2 aliphatic heterocycles. The normalized spacial score (nSPS) is 22.2. The highest BCUT2D eigenvalue weighted by molar-refractivity contribution is 7.91. The summed E-state index contributed by atoms with van der Waals surface area (Å²) in [7, 11) is -3.17. The molecule has 1 N–H and O–H groups in total. The Hall–Kier alpha value is -2.30. The zero-order valence-electron chi connectivity index (χ0n) is 14.9. The van der Waals surface area contributed by atoms with Gasteiger partial charge in [0.05, 0.1) is 28.7 Å². The summed E-state index contributed by atoms with van der Waals surface area (Å²) in [5.41, 5.74) is -1.26. The van der Waals surface area contributed by atoms with Crippen LogP contribution in [-0.2, 0) is 20.8 Å². The molecule has 2 saturated heterocycles. The van der Waals surface area contributed by atoms with Crippen molar-refractivity contribution in [3.8, 4) is 0 Å². The molecule has 0 saturated carbocycles. The molecule has 0 radical (unpaired) electrons. The van der Waals surface area contributed by atoms with E-state index in [9.17, 15) is 31.2 Å². The van der Waals surface area contributed by atoms with Gasteiger partial charge in [0.2, 0.25) is 5.91 Å². The summed E-state index contributed by atoms with van der Waals surface area (Å²) in [6, 6.07) is 4.04. The molecule has 3 amide bonds. The standard InChI is InChI=1S/C17H20F3N3O4S/c18-17(19,20)13-3-1-2-4-14(13)21-16(25)23-8-6-22(7-9-23)15(24)12-5-10-28(26,27)11-12/h1-4,12H,5-11H2,(H,21,25). The number of urea groups is 1. The van der Waals surface area contributed by atoms with E-state index >= 15 is 0 Å². The molecule has 1 aromatic carbocycles. The molecule has 2 fully saturated rings. The zero-order valence-corrected chi connectivity index (χ0v) is 15.7. The van der Waals surface area contributed by atoms with Crippen LogP contribution in [0.5, 0.6) is 0 Å². The molecule has 0 bridgehead atoms. The first-order chi connectivity index (χ1) is 13.1. The minimum atomic E-state index is -4.59. The highest BCUT2D eigenvalue weighted by Gasteiger charge is 2.37. The van der Waals surface area contributed by atoms with Gasteiger partial charge in [-0.25, -0.2) is 13.2 Å². The molecule has 1 aromatic rings. The van der Waals surface area contributed by atoms with Gasteiger partial charge in [-0.05, 0) is 18.6 Å². The summed E-state index contributed by atoms with van der Waals surface area (Å²) in [4.78, 5) is 27.6. The number of piperazine rings is 1.